The van der Waals surface area contributed by atoms with Crippen LogP contribution in [0.25, 0.3) is 0 Å². The first-order chi connectivity index (χ1) is 7.41. The van der Waals surface area contributed by atoms with Gasteiger partial charge in [-0.2, -0.15) is 0 Å². The molecule has 0 unspecified atom stereocenters. The maximum Gasteiger partial charge on any atom is 0.119 e. The number of rotatable bonds is 10. The minimum atomic E-state index is 0. The van der Waals surface area contributed by atoms with Crippen LogP contribution in [0.2, 0.25) is 0 Å². The molecule has 0 aromatic carbocycles. The number of nitrogens with two attached hydrogens (primary N) is 1. The van der Waals surface area contributed by atoms with Gasteiger partial charge in [0.25, 0.3) is 0 Å². The molecular weight excluding hydrogens is 186 g/mol. The second-order valence-corrected chi connectivity index (χ2v) is 3.57. The zero-order valence-corrected chi connectivity index (χ0v) is 10.6. The molecule has 2 nitrogen and oxygen atoms in total. The maximum atomic E-state index is 10.0. The molecular formula is C13H31NO. The predicted octanol–water partition coefficient (Wildman–Crippen LogP) is 3.93. The summed E-state index contributed by atoms with van der Waals surface area (Å²) in [4.78, 5) is 10.0. The maximum absolute atomic E-state index is 10.0. The van der Waals surface area contributed by atoms with Gasteiger partial charge in [0, 0.05) is 7.85 Å². The van der Waals surface area contributed by atoms with Crippen LogP contribution in [-0.2, 0) is 4.79 Å². The van der Waals surface area contributed by atoms with Crippen LogP contribution in [-0.4, -0.2) is 12.8 Å². The molecule has 0 saturated heterocycles. The lowest BCUT2D eigenvalue weighted by Gasteiger charge is -1.99. The predicted molar refractivity (Wildman–Crippen MR) is 70.1 cm³/mol. The quantitative estimate of drug-likeness (QED) is 0.445. The molecule has 2 N–H and O–H groups in total. The highest BCUT2D eigenvalue weighted by Crippen LogP contribution is 2.08. The van der Waals surface area contributed by atoms with Crippen LogP contribution in [0.4, 0.5) is 0 Å². The van der Waals surface area contributed by atoms with Crippen molar-refractivity contribution in [1.29, 1.82) is 0 Å². The van der Waals surface area contributed by atoms with Crippen LogP contribution in [0.5, 0.6) is 0 Å². The van der Waals surface area contributed by atoms with Crippen LogP contribution in [0.1, 0.15) is 73.1 Å². The topological polar surface area (TPSA) is 43.1 Å². The van der Waals surface area contributed by atoms with Gasteiger partial charge in [0.2, 0.25) is 0 Å². The van der Waals surface area contributed by atoms with Crippen molar-refractivity contribution in [2.75, 3.05) is 6.54 Å². The van der Waals surface area contributed by atoms with E-state index in [0.29, 0.717) is 0 Å². The lowest BCUT2D eigenvalue weighted by molar-refractivity contribution is -0.107. The average molecular weight is 217 g/mol. The molecule has 0 heterocycles. The number of unbranched alkanes of at least 4 members (excludes halogenated alkanes) is 8. The van der Waals surface area contributed by atoms with Crippen LogP contribution >= 0.6 is 0 Å². The zero-order chi connectivity index (χ0) is 11.8. The van der Waals surface area contributed by atoms with Gasteiger partial charge in [-0.25, -0.2) is 0 Å². The molecule has 0 saturated carbocycles. The summed E-state index contributed by atoms with van der Waals surface area (Å²) in [6.07, 6.45) is 11.8. The van der Waals surface area contributed by atoms with Crippen molar-refractivity contribution in [3.8, 4) is 0 Å². The summed E-state index contributed by atoms with van der Waals surface area (Å²) in [7, 11) is 0. The second-order valence-electron chi connectivity index (χ2n) is 3.57. The van der Waals surface area contributed by atoms with Crippen LogP contribution in [0.15, 0.2) is 0 Å². The van der Waals surface area contributed by atoms with Crippen molar-refractivity contribution >= 4 is 6.29 Å². The highest BCUT2D eigenvalue weighted by molar-refractivity contribution is 5.48. The molecule has 2 heteroatoms. The van der Waals surface area contributed by atoms with Crippen LogP contribution in [0.3, 0.4) is 0 Å². The smallest absolute Gasteiger partial charge is 0.119 e. The lowest BCUT2D eigenvalue weighted by atomic mass is 10.1. The largest absolute Gasteiger partial charge is 0.330 e. The van der Waals surface area contributed by atoms with Crippen molar-refractivity contribution in [2.24, 2.45) is 5.73 Å². The number of carbonyl (C=O) groups is 1. The number of hydrogen-bond donors (Lipinski definition) is 1. The first-order valence-corrected chi connectivity index (χ1v) is 6.55. The highest BCUT2D eigenvalue weighted by Gasteiger charge is 1.91. The first kappa shape index (κ1) is 17.0. The summed E-state index contributed by atoms with van der Waals surface area (Å²) >= 11 is 0. The number of carbonyl (C=O) groups excluding carboxylic acids is 1. The van der Waals surface area contributed by atoms with Crippen molar-refractivity contribution < 1.29 is 6.22 Å². The Labute approximate surface area is 97.1 Å². The third-order valence-electron chi connectivity index (χ3n) is 2.28. The van der Waals surface area contributed by atoms with Crippen molar-refractivity contribution in [3.63, 3.8) is 0 Å². The van der Waals surface area contributed by atoms with E-state index < -0.39 is 0 Å². The second kappa shape index (κ2) is 19.2. The van der Waals surface area contributed by atoms with Gasteiger partial charge in [-0.05, 0) is 19.4 Å². The standard InChI is InChI=1S/C11H23NO.C2H6.H2/c12-10-8-6-4-2-1-3-5-7-9-11-13;1-2;/h11H,1-10,12H2;1-2H3;1H. The molecule has 0 aliphatic carbocycles. The fourth-order valence-electron chi connectivity index (χ4n) is 1.43. The minimum absolute atomic E-state index is 0. The van der Waals surface area contributed by atoms with Crippen molar-refractivity contribution in [3.05, 3.63) is 0 Å². The Morgan fingerprint density at radius 1 is 0.867 bits per heavy atom. The van der Waals surface area contributed by atoms with Crippen molar-refractivity contribution in [2.45, 2.75) is 71.6 Å². The summed E-state index contributed by atoms with van der Waals surface area (Å²) in [5.41, 5.74) is 5.39. The molecule has 0 aromatic heterocycles. The zero-order valence-electron chi connectivity index (χ0n) is 10.6. The summed E-state index contributed by atoms with van der Waals surface area (Å²) in [5.74, 6) is 0. The van der Waals surface area contributed by atoms with E-state index in [1.54, 1.807) is 0 Å². The molecule has 0 radical (unpaired) electrons. The fourth-order valence-corrected chi connectivity index (χ4v) is 1.43. The molecule has 0 spiro atoms. The summed E-state index contributed by atoms with van der Waals surface area (Å²) in [5, 5.41) is 0. The Bertz CT molecular complexity index is 110. The van der Waals surface area contributed by atoms with Gasteiger partial charge in [-0.15, -0.1) is 0 Å². The summed E-state index contributed by atoms with van der Waals surface area (Å²) in [6.45, 7) is 4.83. The van der Waals surface area contributed by atoms with Crippen LogP contribution < -0.4 is 5.73 Å². The molecule has 0 atom stereocenters. The van der Waals surface area contributed by atoms with E-state index in [1.165, 1.54) is 44.9 Å². The van der Waals surface area contributed by atoms with E-state index in [-0.39, 0.29) is 1.43 Å². The molecule has 0 amide bonds. The SMILES string of the molecule is CC.NCCCCCCCCCCC=O.[HH]. The molecule has 0 aliphatic heterocycles. The van der Waals surface area contributed by atoms with Gasteiger partial charge >= 0.3 is 0 Å². The summed E-state index contributed by atoms with van der Waals surface area (Å²) in [6, 6.07) is 0. The molecule has 0 fully saturated rings. The highest BCUT2D eigenvalue weighted by atomic mass is 16.1. The molecule has 0 rings (SSSR count). The van der Waals surface area contributed by atoms with E-state index in [2.05, 4.69) is 0 Å². The molecule has 94 valence electrons. The van der Waals surface area contributed by atoms with E-state index in [9.17, 15) is 4.79 Å². The Hall–Kier alpha value is -0.370. The molecule has 15 heavy (non-hydrogen) atoms. The number of hydrogen-bond acceptors (Lipinski definition) is 2. The normalized spacial score (nSPS) is 9.27. The van der Waals surface area contributed by atoms with Gasteiger partial charge in [-0.3, -0.25) is 0 Å². The van der Waals surface area contributed by atoms with E-state index in [4.69, 9.17) is 5.73 Å². The van der Waals surface area contributed by atoms with Gasteiger partial charge < -0.3 is 10.5 Å². The van der Waals surface area contributed by atoms with E-state index in [1.807, 2.05) is 13.8 Å². The lowest BCUT2D eigenvalue weighted by Crippen LogP contribution is -1.97. The Kier molecular flexibility index (Phi) is 21.9. The van der Waals surface area contributed by atoms with Crippen LogP contribution in [0, 0.1) is 0 Å². The Balaban J connectivity index is -0.000000529. The van der Waals surface area contributed by atoms with E-state index >= 15 is 0 Å². The Morgan fingerprint density at radius 2 is 1.27 bits per heavy atom. The fraction of sp³-hybridized carbons (Fsp3) is 0.923. The van der Waals surface area contributed by atoms with Gasteiger partial charge in [-0.1, -0.05) is 52.4 Å². The third kappa shape index (κ3) is 19.9. The van der Waals surface area contributed by atoms with E-state index in [0.717, 1.165) is 25.7 Å². The minimum Gasteiger partial charge on any atom is -0.330 e. The van der Waals surface area contributed by atoms with Crippen molar-refractivity contribution in [1.82, 2.24) is 0 Å². The number of aldehydes is 1. The van der Waals surface area contributed by atoms with Gasteiger partial charge in [0.05, 0.1) is 0 Å². The van der Waals surface area contributed by atoms with Gasteiger partial charge in [0.1, 0.15) is 6.29 Å². The average Bonchev–Trinajstić information content (AvgIpc) is 2.30. The monoisotopic (exact) mass is 217 g/mol. The molecule has 0 bridgehead atoms. The summed E-state index contributed by atoms with van der Waals surface area (Å²) < 4.78 is 0. The first-order valence-electron chi connectivity index (χ1n) is 6.55. The molecule has 0 aliphatic rings. The van der Waals surface area contributed by atoms with Gasteiger partial charge in [0.15, 0.2) is 0 Å². The molecule has 0 aromatic rings. The Morgan fingerprint density at radius 3 is 1.67 bits per heavy atom. The third-order valence-corrected chi connectivity index (χ3v) is 2.28.